The van der Waals surface area contributed by atoms with Crippen LogP contribution in [0.4, 0.5) is 5.69 Å². The highest BCUT2D eigenvalue weighted by atomic mass is 35.5. The zero-order chi connectivity index (χ0) is 25.8. The second kappa shape index (κ2) is 11.8. The van der Waals surface area contributed by atoms with Crippen molar-refractivity contribution in [2.45, 2.75) is 50.8 Å². The predicted molar refractivity (Wildman–Crippen MR) is 155 cm³/mol. The van der Waals surface area contributed by atoms with Crippen LogP contribution in [0.2, 0.25) is 10.0 Å². The molecule has 37 heavy (non-hydrogen) atoms. The third-order valence-electron chi connectivity index (χ3n) is 6.97. The van der Waals surface area contributed by atoms with Crippen molar-refractivity contribution < 1.29 is 9.53 Å². The van der Waals surface area contributed by atoms with Gasteiger partial charge < -0.3 is 15.0 Å². The molecule has 1 N–H and O–H groups in total. The van der Waals surface area contributed by atoms with Crippen molar-refractivity contribution in [3.63, 3.8) is 0 Å². The largest absolute Gasteiger partial charge is 0.488 e. The van der Waals surface area contributed by atoms with E-state index in [-0.39, 0.29) is 17.4 Å². The van der Waals surface area contributed by atoms with E-state index in [0.717, 1.165) is 36.1 Å². The van der Waals surface area contributed by atoms with Gasteiger partial charge >= 0.3 is 0 Å². The summed E-state index contributed by atoms with van der Waals surface area (Å²) in [6.45, 7) is 2.63. The van der Waals surface area contributed by atoms with E-state index >= 15 is 0 Å². The van der Waals surface area contributed by atoms with Gasteiger partial charge in [0, 0.05) is 27.3 Å². The molecule has 0 bridgehead atoms. The van der Waals surface area contributed by atoms with Gasteiger partial charge in [-0.15, -0.1) is 0 Å². The lowest BCUT2D eigenvalue weighted by molar-refractivity contribution is -0.129. The molecule has 1 heterocycles. The summed E-state index contributed by atoms with van der Waals surface area (Å²) in [6.07, 6.45) is 6.46. The molecule has 1 saturated carbocycles. The molecule has 1 aliphatic carbocycles. The average Bonchev–Trinajstić information content (AvgIpc) is 3.18. The van der Waals surface area contributed by atoms with Crippen LogP contribution in [-0.4, -0.2) is 22.3 Å². The monoisotopic (exact) mass is 552 g/mol. The highest BCUT2D eigenvalue weighted by Gasteiger charge is 2.43. The van der Waals surface area contributed by atoms with Crippen LogP contribution in [0.1, 0.15) is 43.7 Å². The number of rotatable bonds is 7. The smallest absolute Gasteiger partial charge is 0.262 e. The Bertz CT molecular complexity index is 1280. The van der Waals surface area contributed by atoms with E-state index in [1.54, 1.807) is 17.8 Å². The van der Waals surface area contributed by atoms with Crippen LogP contribution in [0.15, 0.2) is 77.7 Å². The maximum Gasteiger partial charge on any atom is 0.262 e. The van der Waals surface area contributed by atoms with E-state index in [1.165, 1.54) is 6.42 Å². The van der Waals surface area contributed by atoms with E-state index in [9.17, 15) is 4.79 Å². The molecule has 3 atom stereocenters. The number of halogens is 2. The maximum absolute atomic E-state index is 13.9. The van der Waals surface area contributed by atoms with Gasteiger partial charge in [0.05, 0.1) is 4.91 Å². The number of carbonyl (C=O) groups excluding carboxylic acids is 1. The van der Waals surface area contributed by atoms with E-state index in [2.05, 4.69) is 17.1 Å². The van der Waals surface area contributed by atoms with E-state index in [1.807, 2.05) is 72.8 Å². The number of nitrogens with zero attached hydrogens (tertiary/aromatic N) is 1. The third-order valence-corrected chi connectivity index (χ3v) is 8.55. The number of para-hydroxylation sites is 1. The van der Waals surface area contributed by atoms with Crippen LogP contribution in [-0.2, 0) is 11.4 Å². The van der Waals surface area contributed by atoms with Crippen LogP contribution in [0.3, 0.4) is 0 Å². The zero-order valence-corrected chi connectivity index (χ0v) is 23.0. The second-order valence-electron chi connectivity index (χ2n) is 9.63. The molecular weight excluding hydrogens is 523 g/mol. The standard InChI is InChI=1S/C30H30Cl2N2O2S/c1-20-8-5-6-13-26(20)34-29(35)28(37-30(34)33-25-11-3-2-4-12-25)18-22-17-24(32)14-15-27(22)36-19-21-9-7-10-23(31)16-21/h2-4,7,9-12,14-18,20,26,30,33H,5-6,8,13,19H2,1H3/b28-18-/t20-,26+,30?/m0/s1. The van der Waals surface area contributed by atoms with Gasteiger partial charge in [-0.1, -0.05) is 85.1 Å². The Balaban J connectivity index is 1.43. The number of ether oxygens (including phenoxy) is 1. The van der Waals surface area contributed by atoms with Crippen molar-refractivity contribution in [1.29, 1.82) is 0 Å². The summed E-state index contributed by atoms with van der Waals surface area (Å²) in [6, 6.07) is 23.4. The van der Waals surface area contributed by atoms with Crippen molar-refractivity contribution in [2.24, 2.45) is 5.92 Å². The fraction of sp³-hybridized carbons (Fsp3) is 0.300. The van der Waals surface area contributed by atoms with Crippen molar-refractivity contribution in [1.82, 2.24) is 4.90 Å². The summed E-state index contributed by atoms with van der Waals surface area (Å²) in [5.41, 5.74) is 2.57. The van der Waals surface area contributed by atoms with Crippen LogP contribution >= 0.6 is 35.0 Å². The minimum atomic E-state index is -0.179. The molecule has 192 valence electrons. The molecule has 0 spiro atoms. The summed E-state index contributed by atoms with van der Waals surface area (Å²) in [4.78, 5) is 16.6. The molecule has 3 aromatic carbocycles. The molecule has 0 radical (unpaired) electrons. The number of nitrogens with one attached hydrogen (secondary N) is 1. The summed E-state index contributed by atoms with van der Waals surface area (Å²) in [5, 5.41) is 4.85. The van der Waals surface area contributed by atoms with Gasteiger partial charge in [0.2, 0.25) is 0 Å². The summed E-state index contributed by atoms with van der Waals surface area (Å²) >= 11 is 14.1. The molecule has 1 saturated heterocycles. The van der Waals surface area contributed by atoms with Crippen LogP contribution in [0.5, 0.6) is 5.75 Å². The van der Waals surface area contributed by atoms with Crippen molar-refractivity contribution in [2.75, 3.05) is 5.32 Å². The van der Waals surface area contributed by atoms with Gasteiger partial charge in [-0.2, -0.15) is 0 Å². The summed E-state index contributed by atoms with van der Waals surface area (Å²) < 4.78 is 6.15. The normalized spacial score (nSPS) is 22.9. The Labute approximate surface area is 233 Å². The second-order valence-corrected chi connectivity index (χ2v) is 11.6. The van der Waals surface area contributed by atoms with Gasteiger partial charge in [-0.3, -0.25) is 4.79 Å². The highest BCUT2D eigenvalue weighted by Crippen LogP contribution is 2.43. The number of carbonyl (C=O) groups is 1. The molecule has 1 amide bonds. The maximum atomic E-state index is 13.9. The lowest BCUT2D eigenvalue weighted by Gasteiger charge is -2.39. The van der Waals surface area contributed by atoms with Gasteiger partial charge in [0.25, 0.3) is 5.91 Å². The van der Waals surface area contributed by atoms with E-state index in [4.69, 9.17) is 27.9 Å². The third kappa shape index (κ3) is 6.28. The van der Waals surface area contributed by atoms with Crippen molar-refractivity contribution in [3.8, 4) is 5.75 Å². The lowest BCUT2D eigenvalue weighted by Crippen LogP contribution is -2.48. The number of anilines is 1. The number of hydrogen-bond acceptors (Lipinski definition) is 4. The first kappa shape index (κ1) is 26.0. The highest BCUT2D eigenvalue weighted by molar-refractivity contribution is 8.05. The molecule has 0 aromatic heterocycles. The first-order valence-corrected chi connectivity index (χ1v) is 14.3. The number of thioether (sulfide) groups is 1. The van der Waals surface area contributed by atoms with E-state index < -0.39 is 0 Å². The van der Waals surface area contributed by atoms with E-state index in [0.29, 0.717) is 33.2 Å². The van der Waals surface area contributed by atoms with Gasteiger partial charge in [-0.05, 0) is 72.9 Å². The summed E-state index contributed by atoms with van der Waals surface area (Å²) in [7, 11) is 0. The van der Waals surface area contributed by atoms with Crippen LogP contribution < -0.4 is 10.1 Å². The Morgan fingerprint density at radius 2 is 1.78 bits per heavy atom. The SMILES string of the molecule is C[C@H]1CCCC[C@H]1N1C(=O)/C(=C/c2cc(Cl)ccc2OCc2cccc(Cl)c2)SC1Nc1ccccc1. The Morgan fingerprint density at radius 3 is 2.57 bits per heavy atom. The molecule has 5 rings (SSSR count). The number of hydrogen-bond donors (Lipinski definition) is 1. The Morgan fingerprint density at radius 1 is 1.00 bits per heavy atom. The van der Waals surface area contributed by atoms with Crippen LogP contribution in [0.25, 0.3) is 6.08 Å². The Kier molecular flexibility index (Phi) is 8.33. The topological polar surface area (TPSA) is 41.6 Å². The van der Waals surface area contributed by atoms with Gasteiger partial charge in [0.1, 0.15) is 12.4 Å². The first-order valence-electron chi connectivity index (χ1n) is 12.7. The van der Waals surface area contributed by atoms with Gasteiger partial charge in [-0.25, -0.2) is 0 Å². The molecule has 1 aliphatic heterocycles. The molecule has 2 fully saturated rings. The zero-order valence-electron chi connectivity index (χ0n) is 20.7. The van der Waals surface area contributed by atoms with Crippen LogP contribution in [0, 0.1) is 5.92 Å². The molecule has 3 aromatic rings. The Hall–Kier alpha value is -2.60. The molecule has 4 nitrogen and oxygen atoms in total. The quantitative estimate of drug-likeness (QED) is 0.298. The summed E-state index contributed by atoms with van der Waals surface area (Å²) in [5.74, 6) is 1.18. The van der Waals surface area contributed by atoms with Crippen molar-refractivity contribution in [3.05, 3.63) is 98.9 Å². The first-order chi connectivity index (χ1) is 18.0. The molecular formula is C30H30Cl2N2O2S. The van der Waals surface area contributed by atoms with Gasteiger partial charge in [0.15, 0.2) is 5.50 Å². The number of amides is 1. The minimum absolute atomic E-state index is 0.0537. The lowest BCUT2D eigenvalue weighted by atomic mass is 9.85. The fourth-order valence-corrected chi connectivity index (χ4v) is 6.66. The molecule has 1 unspecified atom stereocenters. The van der Waals surface area contributed by atoms with Crippen molar-refractivity contribution >= 4 is 52.6 Å². The predicted octanol–water partition coefficient (Wildman–Crippen LogP) is 8.46. The minimum Gasteiger partial charge on any atom is -0.488 e. The molecule has 7 heteroatoms. The number of benzene rings is 3. The molecule has 2 aliphatic rings. The fourth-order valence-electron chi connectivity index (χ4n) is 5.06. The average molecular weight is 554 g/mol.